The second-order valence-electron chi connectivity index (χ2n) is 14.3. The maximum Gasteiger partial charge on any atom is 0.147 e. The zero-order valence-electron chi connectivity index (χ0n) is 31.6. The summed E-state index contributed by atoms with van der Waals surface area (Å²) in [7, 11) is 0. The monoisotopic (exact) mass is 1280 g/mol. The minimum Gasteiger partial charge on any atom is -0.489 e. The molecule has 0 fully saturated rings. The number of rotatable bonds is 18. The van der Waals surface area contributed by atoms with Crippen LogP contribution in [0.5, 0.6) is 23.0 Å². The fourth-order valence-corrected chi connectivity index (χ4v) is 11.2. The van der Waals surface area contributed by atoms with Crippen molar-refractivity contribution in [2.24, 2.45) is 0 Å². The van der Waals surface area contributed by atoms with Crippen molar-refractivity contribution in [3.63, 3.8) is 0 Å². The minimum absolute atomic E-state index is 0.00472. The van der Waals surface area contributed by atoms with Gasteiger partial charge in [0.25, 0.3) is 0 Å². The molecule has 0 bridgehead atoms. The van der Waals surface area contributed by atoms with Crippen molar-refractivity contribution >= 4 is 127 Å². The highest BCUT2D eigenvalue weighted by Gasteiger charge is 2.29. The van der Waals surface area contributed by atoms with Gasteiger partial charge in [0.2, 0.25) is 0 Å². The van der Waals surface area contributed by atoms with E-state index in [0.717, 1.165) is 58.0 Å². The number of benzene rings is 4. The highest BCUT2D eigenvalue weighted by molar-refractivity contribution is 9.12. The van der Waals surface area contributed by atoms with Gasteiger partial charge >= 0.3 is 0 Å². The number of aliphatic hydroxyl groups excluding tert-OH is 3. The summed E-state index contributed by atoms with van der Waals surface area (Å²) in [6.45, 7) is 12.8. The zero-order chi connectivity index (χ0) is 41.7. The van der Waals surface area contributed by atoms with E-state index >= 15 is 0 Å². The lowest BCUT2D eigenvalue weighted by atomic mass is 9.78. The quantitative estimate of drug-likeness (QED) is 0.0913. The summed E-state index contributed by atoms with van der Waals surface area (Å²) in [4.78, 5) is 0. The molecule has 0 saturated heterocycles. The molecule has 0 spiro atoms. The van der Waals surface area contributed by atoms with Gasteiger partial charge < -0.3 is 34.3 Å². The van der Waals surface area contributed by atoms with Crippen LogP contribution in [0.15, 0.2) is 84.3 Å². The number of ether oxygens (including phenoxy) is 4. The summed E-state index contributed by atoms with van der Waals surface area (Å²) in [5, 5.41) is 30.9. The smallest absolute Gasteiger partial charge is 0.147 e. The molecule has 3 N–H and O–H groups in total. The van der Waals surface area contributed by atoms with Crippen molar-refractivity contribution < 1.29 is 34.3 Å². The molecule has 306 valence electrons. The molecule has 2 unspecified atom stereocenters. The van der Waals surface area contributed by atoms with Gasteiger partial charge in [0.05, 0.1) is 48.0 Å². The van der Waals surface area contributed by atoms with Gasteiger partial charge in [-0.05, 0) is 211 Å². The molecule has 0 saturated carbocycles. The van der Waals surface area contributed by atoms with Crippen LogP contribution in [-0.4, -0.2) is 60.1 Å². The third-order valence-corrected chi connectivity index (χ3v) is 14.2. The van der Waals surface area contributed by atoms with Crippen molar-refractivity contribution in [3.8, 4) is 23.0 Å². The molecule has 0 aromatic heterocycles. The van der Waals surface area contributed by atoms with Gasteiger partial charge in [-0.1, -0.05) is 41.5 Å². The van der Waals surface area contributed by atoms with Gasteiger partial charge in [0.15, 0.2) is 0 Å². The molecule has 0 heterocycles. The highest BCUT2D eigenvalue weighted by Crippen LogP contribution is 2.46. The molecule has 2 atom stereocenters. The van der Waals surface area contributed by atoms with Gasteiger partial charge in [-0.25, -0.2) is 0 Å². The Morgan fingerprint density at radius 1 is 0.393 bits per heavy atom. The number of hydrogen-bond acceptors (Lipinski definition) is 7. The average molecular weight is 1290 g/mol. The SMILES string of the molecule is CCC(O)COc1c(Br)cc(C(C)(C)c2cc(Br)c(OCC(O)COc3c(Br)cc(C(C)(C)c4cc(Br)c(OCC(O)CC)c(Br)c4)cc3Br)c(Br)c2)cc1Br. The summed E-state index contributed by atoms with van der Waals surface area (Å²) in [5.74, 6) is 2.41. The zero-order valence-corrected chi connectivity index (χ0v) is 44.3. The Morgan fingerprint density at radius 2 is 0.571 bits per heavy atom. The van der Waals surface area contributed by atoms with Crippen LogP contribution >= 0.6 is 127 Å². The largest absolute Gasteiger partial charge is 0.489 e. The number of hydrogen-bond donors (Lipinski definition) is 3. The second-order valence-corrected chi connectivity index (χ2v) is 21.2. The summed E-state index contributed by atoms with van der Waals surface area (Å²) in [6, 6.07) is 16.2. The molecular formula is C41H44Br8O7. The normalized spacial score (nSPS) is 13.7. The Morgan fingerprint density at radius 3 is 0.750 bits per heavy atom. The molecule has 4 aromatic carbocycles. The van der Waals surface area contributed by atoms with E-state index in [4.69, 9.17) is 18.9 Å². The molecular weight excluding hydrogens is 1240 g/mol. The van der Waals surface area contributed by atoms with Crippen molar-refractivity contribution in [1.82, 2.24) is 0 Å². The topological polar surface area (TPSA) is 97.6 Å². The Hall–Kier alpha value is -0.200. The average Bonchev–Trinajstić information content (AvgIpc) is 3.12. The first kappa shape index (κ1) is 48.5. The van der Waals surface area contributed by atoms with Crippen molar-refractivity contribution in [2.45, 2.75) is 83.5 Å². The Kier molecular flexibility index (Phi) is 18.2. The van der Waals surface area contributed by atoms with Crippen molar-refractivity contribution in [1.29, 1.82) is 0 Å². The van der Waals surface area contributed by atoms with Crippen molar-refractivity contribution in [2.75, 3.05) is 26.4 Å². The second kappa shape index (κ2) is 21.1. The van der Waals surface area contributed by atoms with Gasteiger partial charge in [-0.3, -0.25) is 0 Å². The first-order chi connectivity index (χ1) is 26.2. The Bertz CT molecular complexity index is 1770. The Balaban J connectivity index is 1.42. The molecule has 0 aliphatic carbocycles. The van der Waals surface area contributed by atoms with Gasteiger partial charge in [-0.2, -0.15) is 0 Å². The fourth-order valence-electron chi connectivity index (χ4n) is 5.57. The maximum atomic E-state index is 10.9. The van der Waals surface area contributed by atoms with E-state index in [0.29, 0.717) is 35.8 Å². The lowest BCUT2D eigenvalue weighted by Crippen LogP contribution is -2.26. The predicted molar refractivity (Wildman–Crippen MR) is 252 cm³/mol. The molecule has 4 aromatic rings. The molecule has 0 aliphatic rings. The Labute approximate surface area is 397 Å². The number of aliphatic hydroxyl groups is 3. The van der Waals surface area contributed by atoms with Crippen LogP contribution in [-0.2, 0) is 10.8 Å². The third-order valence-electron chi connectivity index (χ3n) is 9.50. The first-order valence-corrected chi connectivity index (χ1v) is 24.1. The minimum atomic E-state index is -0.928. The highest BCUT2D eigenvalue weighted by atomic mass is 79.9. The van der Waals surface area contributed by atoms with E-state index in [1.807, 2.05) is 62.4 Å². The van der Waals surface area contributed by atoms with Gasteiger partial charge in [0.1, 0.15) is 55.5 Å². The lowest BCUT2D eigenvalue weighted by molar-refractivity contribution is 0.0615. The van der Waals surface area contributed by atoms with Gasteiger partial charge in [0, 0.05) is 10.8 Å². The summed E-state index contributed by atoms with van der Waals surface area (Å²) < 4.78 is 30.0. The summed E-state index contributed by atoms with van der Waals surface area (Å²) in [5.41, 5.74) is 3.30. The molecule has 0 aliphatic heterocycles. The molecule has 0 amide bonds. The van der Waals surface area contributed by atoms with E-state index in [1.54, 1.807) is 0 Å². The third kappa shape index (κ3) is 12.0. The van der Waals surface area contributed by atoms with Gasteiger partial charge in [-0.15, -0.1) is 0 Å². The van der Waals surface area contributed by atoms with Crippen LogP contribution in [0.4, 0.5) is 0 Å². The molecule has 7 nitrogen and oxygen atoms in total. The summed E-state index contributed by atoms with van der Waals surface area (Å²) in [6.07, 6.45) is -0.778. The summed E-state index contributed by atoms with van der Waals surface area (Å²) >= 11 is 29.4. The van der Waals surface area contributed by atoms with E-state index < -0.39 is 29.1 Å². The first-order valence-electron chi connectivity index (χ1n) is 17.7. The van der Waals surface area contributed by atoms with E-state index in [1.165, 1.54) is 0 Å². The van der Waals surface area contributed by atoms with E-state index in [-0.39, 0.29) is 26.4 Å². The van der Waals surface area contributed by atoms with Crippen LogP contribution in [0.1, 0.15) is 76.6 Å². The van der Waals surface area contributed by atoms with Crippen LogP contribution in [0.3, 0.4) is 0 Å². The molecule has 56 heavy (non-hydrogen) atoms. The van der Waals surface area contributed by atoms with Crippen LogP contribution in [0.25, 0.3) is 0 Å². The fraction of sp³-hybridized carbons (Fsp3) is 0.415. The van der Waals surface area contributed by atoms with Crippen LogP contribution < -0.4 is 18.9 Å². The van der Waals surface area contributed by atoms with Crippen LogP contribution in [0.2, 0.25) is 0 Å². The van der Waals surface area contributed by atoms with Crippen LogP contribution in [0, 0.1) is 0 Å². The molecule has 4 rings (SSSR count). The van der Waals surface area contributed by atoms with E-state index in [2.05, 4.69) is 155 Å². The molecule has 0 radical (unpaired) electrons. The van der Waals surface area contributed by atoms with E-state index in [9.17, 15) is 15.3 Å². The predicted octanol–water partition coefficient (Wildman–Crippen LogP) is 13.6. The maximum absolute atomic E-state index is 10.9. The number of halogens is 8. The lowest BCUT2D eigenvalue weighted by Gasteiger charge is -2.29. The van der Waals surface area contributed by atoms with Crippen molar-refractivity contribution in [3.05, 3.63) is 107 Å². The molecule has 15 heteroatoms. The standard InChI is InChI=1S/C41H44Br8O7/c1-7-25(50)17-53-36-28(42)9-21(10-29(36)43)40(3,4)23-13-32(46)38(33(47)14-23)55-19-27(52)20-56-39-34(48)15-24(16-35(39)49)41(5,6)22-11-30(44)37(31(45)12-22)54-18-26(51)8-2/h9-16,25-27,50-52H,7-8,17-20H2,1-6H3.